The van der Waals surface area contributed by atoms with Crippen molar-refractivity contribution >= 4 is 17.0 Å². The van der Waals surface area contributed by atoms with E-state index in [1.807, 2.05) is 0 Å². The lowest BCUT2D eigenvalue weighted by molar-refractivity contribution is -0.139. The van der Waals surface area contributed by atoms with Crippen LogP contribution in [0.1, 0.15) is 46.8 Å². The van der Waals surface area contributed by atoms with Crippen LogP contribution in [0.5, 0.6) is 11.6 Å². The molecule has 10 nitrogen and oxygen atoms in total. The van der Waals surface area contributed by atoms with E-state index < -0.39 is 29.3 Å². The Morgan fingerprint density at radius 2 is 1.86 bits per heavy atom. The minimum atomic E-state index is -4.78. The van der Waals surface area contributed by atoms with Crippen molar-refractivity contribution in [2.75, 3.05) is 19.7 Å². The largest absolute Gasteiger partial charge is 0.485 e. The number of hydrogen-bond acceptors (Lipinski definition) is 8. The molecule has 14 heteroatoms. The number of fused-ring (bicyclic) bond motifs is 1. The summed E-state index contributed by atoms with van der Waals surface area (Å²) in [6.45, 7) is 2.99. The van der Waals surface area contributed by atoms with Crippen LogP contribution < -0.4 is 9.47 Å². The smallest absolute Gasteiger partial charge is 0.420 e. The second-order valence-electron chi connectivity index (χ2n) is 10.8. The van der Waals surface area contributed by atoms with E-state index >= 15 is 0 Å². The van der Waals surface area contributed by atoms with Gasteiger partial charge in [-0.05, 0) is 55.7 Å². The predicted molar refractivity (Wildman–Crippen MR) is 148 cm³/mol. The van der Waals surface area contributed by atoms with Gasteiger partial charge in [-0.2, -0.15) is 18.2 Å². The molecule has 0 amide bonds. The zero-order valence-corrected chi connectivity index (χ0v) is 23.5. The average molecular weight is 616 g/mol. The summed E-state index contributed by atoms with van der Waals surface area (Å²) in [6.07, 6.45) is -1.05. The van der Waals surface area contributed by atoms with E-state index in [1.54, 1.807) is 24.3 Å². The molecule has 2 aromatic heterocycles. The molecule has 2 aliphatic rings. The van der Waals surface area contributed by atoms with Gasteiger partial charge in [0.15, 0.2) is 5.82 Å². The van der Waals surface area contributed by atoms with Gasteiger partial charge < -0.3 is 23.9 Å². The average Bonchev–Trinajstić information content (AvgIpc) is 3.30. The number of ether oxygens (including phenoxy) is 3. The van der Waals surface area contributed by atoms with Crippen molar-refractivity contribution in [3.05, 3.63) is 77.3 Å². The van der Waals surface area contributed by atoms with Gasteiger partial charge in [0.1, 0.15) is 35.7 Å². The second kappa shape index (κ2) is 12.4. The van der Waals surface area contributed by atoms with E-state index in [9.17, 15) is 27.5 Å². The Labute approximate surface area is 249 Å². The molecule has 44 heavy (non-hydrogen) atoms. The fourth-order valence-electron chi connectivity index (χ4n) is 5.33. The number of hydrogen-bond donors (Lipinski definition) is 1. The number of piperidine rings is 1. The van der Waals surface area contributed by atoms with E-state index in [1.165, 1.54) is 6.20 Å². The van der Waals surface area contributed by atoms with Crippen LogP contribution in [0.15, 0.2) is 48.7 Å². The number of carbonyl (C=O) groups is 1. The highest BCUT2D eigenvalue weighted by atomic mass is 19.4. The quantitative estimate of drug-likeness (QED) is 0.244. The van der Waals surface area contributed by atoms with Gasteiger partial charge in [-0.25, -0.2) is 19.2 Å². The maximum absolute atomic E-state index is 13.4. The molecule has 232 valence electrons. The topological polar surface area (TPSA) is 112 Å². The van der Waals surface area contributed by atoms with Crippen molar-refractivity contribution in [1.82, 2.24) is 24.4 Å². The summed E-state index contributed by atoms with van der Waals surface area (Å²) >= 11 is 0. The van der Waals surface area contributed by atoms with Crippen molar-refractivity contribution in [2.24, 2.45) is 0 Å². The van der Waals surface area contributed by atoms with Gasteiger partial charge in [0, 0.05) is 32.0 Å². The van der Waals surface area contributed by atoms with Crippen LogP contribution >= 0.6 is 0 Å². The number of alkyl halides is 3. The first-order chi connectivity index (χ1) is 21.1. The molecule has 2 aromatic carbocycles. The van der Waals surface area contributed by atoms with E-state index in [0.29, 0.717) is 38.6 Å². The summed E-state index contributed by atoms with van der Waals surface area (Å²) in [5.74, 6) is -1.28. The van der Waals surface area contributed by atoms with Crippen LogP contribution in [0.25, 0.3) is 11.0 Å². The first-order valence-corrected chi connectivity index (χ1v) is 14.2. The number of likely N-dealkylation sites (tertiary alicyclic amines) is 1. The van der Waals surface area contributed by atoms with Gasteiger partial charge in [-0.15, -0.1) is 0 Å². The van der Waals surface area contributed by atoms with Crippen molar-refractivity contribution in [3.8, 4) is 11.6 Å². The molecule has 6 rings (SSSR count). The Bertz CT molecular complexity index is 1650. The molecule has 1 atom stereocenters. The third kappa shape index (κ3) is 6.76. The molecular weight excluding hydrogens is 586 g/mol. The van der Waals surface area contributed by atoms with Gasteiger partial charge >= 0.3 is 12.1 Å². The third-order valence-corrected chi connectivity index (χ3v) is 7.72. The molecule has 2 saturated heterocycles. The van der Waals surface area contributed by atoms with Crippen LogP contribution in [0.2, 0.25) is 0 Å². The first kappa shape index (κ1) is 29.8. The lowest BCUT2D eigenvalue weighted by Crippen LogP contribution is -2.39. The fraction of sp³-hybridized carbons (Fsp3) is 0.400. The van der Waals surface area contributed by atoms with E-state index in [-0.39, 0.29) is 36.1 Å². The van der Waals surface area contributed by atoms with E-state index in [2.05, 4.69) is 19.4 Å². The van der Waals surface area contributed by atoms with Gasteiger partial charge in [-0.1, -0.05) is 0 Å². The standard InChI is InChI=1S/C30H29F4N5O5/c31-19-2-4-25(22(14-19)30(32,33)34)43-17-26-35-9-5-28(37-26)44-20-6-10-38(11-7-20)16-27-36-23-3-1-18(29(40)41)13-24(23)39(27)15-21-8-12-42-21/h1-5,9,13-14,20-21H,6-8,10-12,15-17H2,(H,40,41)/t21-/m0/s1. The number of carboxylic acids is 1. The molecular formula is C30H29F4N5O5. The summed E-state index contributed by atoms with van der Waals surface area (Å²) < 4.78 is 72.3. The van der Waals surface area contributed by atoms with E-state index in [4.69, 9.17) is 19.2 Å². The molecule has 0 unspecified atom stereocenters. The molecule has 0 radical (unpaired) electrons. The summed E-state index contributed by atoms with van der Waals surface area (Å²) in [5.41, 5.74) is 0.499. The monoisotopic (exact) mass is 615 g/mol. The van der Waals surface area contributed by atoms with Crippen LogP contribution in [-0.4, -0.2) is 67.4 Å². The normalized spacial score (nSPS) is 17.9. The number of aromatic nitrogens is 4. The third-order valence-electron chi connectivity index (χ3n) is 7.72. The highest BCUT2D eigenvalue weighted by molar-refractivity contribution is 5.92. The molecule has 0 spiro atoms. The number of rotatable bonds is 10. The Morgan fingerprint density at radius 3 is 2.57 bits per heavy atom. The lowest BCUT2D eigenvalue weighted by Gasteiger charge is -2.32. The van der Waals surface area contributed by atoms with Crippen LogP contribution in [0, 0.1) is 5.82 Å². The Morgan fingerprint density at radius 1 is 1.07 bits per heavy atom. The Hall–Kier alpha value is -4.30. The zero-order chi connectivity index (χ0) is 30.8. The van der Waals surface area contributed by atoms with Crippen LogP contribution in [-0.2, 0) is 30.6 Å². The molecule has 1 N–H and O–H groups in total. The summed E-state index contributed by atoms with van der Waals surface area (Å²) in [5, 5.41) is 9.47. The minimum Gasteiger partial charge on any atom is -0.485 e. The minimum absolute atomic E-state index is 0.0734. The maximum atomic E-state index is 13.4. The maximum Gasteiger partial charge on any atom is 0.420 e. The molecule has 0 aliphatic carbocycles. The summed E-state index contributed by atoms with van der Waals surface area (Å²) in [6, 6.07) is 8.72. The molecule has 4 heterocycles. The molecule has 2 aliphatic heterocycles. The molecule has 2 fully saturated rings. The fourth-order valence-corrected chi connectivity index (χ4v) is 5.33. The second-order valence-corrected chi connectivity index (χ2v) is 10.8. The van der Waals surface area contributed by atoms with Gasteiger partial charge in [-0.3, -0.25) is 4.90 Å². The lowest BCUT2D eigenvalue weighted by atomic mass is 10.1. The summed E-state index contributed by atoms with van der Waals surface area (Å²) in [4.78, 5) is 27.0. The van der Waals surface area contributed by atoms with Gasteiger partial charge in [0.25, 0.3) is 0 Å². The van der Waals surface area contributed by atoms with E-state index in [0.717, 1.165) is 48.5 Å². The number of benzene rings is 2. The molecule has 4 aromatic rings. The van der Waals surface area contributed by atoms with Crippen molar-refractivity contribution in [2.45, 2.75) is 57.3 Å². The highest BCUT2D eigenvalue weighted by Crippen LogP contribution is 2.37. The highest BCUT2D eigenvalue weighted by Gasteiger charge is 2.35. The zero-order valence-electron chi connectivity index (χ0n) is 23.5. The van der Waals surface area contributed by atoms with Crippen LogP contribution in [0.3, 0.4) is 0 Å². The van der Waals surface area contributed by atoms with Crippen LogP contribution in [0.4, 0.5) is 17.6 Å². The number of aromatic carboxylic acids is 1. The van der Waals surface area contributed by atoms with Crippen molar-refractivity contribution in [3.63, 3.8) is 0 Å². The van der Waals surface area contributed by atoms with Crippen molar-refractivity contribution < 1.29 is 41.7 Å². The SMILES string of the molecule is O=C(O)c1ccc2nc(CN3CCC(Oc4ccnc(COc5ccc(F)cc5C(F)(F)F)n4)CC3)n(C[C@@H]3CCO3)c2c1. The molecule has 0 bridgehead atoms. The Balaban J connectivity index is 1.06. The number of imidazole rings is 1. The summed E-state index contributed by atoms with van der Waals surface area (Å²) in [7, 11) is 0. The van der Waals surface area contributed by atoms with Gasteiger partial charge in [0.05, 0.1) is 35.8 Å². The number of halogens is 4. The molecule has 0 saturated carbocycles. The predicted octanol–water partition coefficient (Wildman–Crippen LogP) is 5.09. The Kier molecular flexibility index (Phi) is 8.36. The van der Waals surface area contributed by atoms with Gasteiger partial charge in [0.2, 0.25) is 5.88 Å². The number of nitrogens with zero attached hydrogens (tertiary/aromatic N) is 5. The van der Waals surface area contributed by atoms with Crippen molar-refractivity contribution in [1.29, 1.82) is 0 Å². The number of carboxylic acid groups (broad SMARTS) is 1. The first-order valence-electron chi connectivity index (χ1n) is 14.2.